The second kappa shape index (κ2) is 7.13. The maximum absolute atomic E-state index is 12.1. The highest BCUT2D eigenvalue weighted by atomic mass is 16.1. The molecule has 3 heteroatoms. The Morgan fingerprint density at radius 2 is 1.56 bits per heavy atom. The van der Waals surface area contributed by atoms with Crippen molar-refractivity contribution in [2.24, 2.45) is 11.7 Å². The van der Waals surface area contributed by atoms with E-state index in [1.54, 1.807) is 0 Å². The molecule has 2 aliphatic rings. The van der Waals surface area contributed by atoms with Crippen LogP contribution in [0.4, 0.5) is 0 Å². The normalized spacial score (nSPS) is 30.7. The van der Waals surface area contributed by atoms with Gasteiger partial charge in [0.15, 0.2) is 0 Å². The van der Waals surface area contributed by atoms with Crippen molar-refractivity contribution in [3.05, 3.63) is 0 Å². The van der Waals surface area contributed by atoms with Crippen LogP contribution in [0.15, 0.2) is 0 Å². The van der Waals surface area contributed by atoms with Gasteiger partial charge in [0.2, 0.25) is 5.91 Å². The molecule has 0 unspecified atom stereocenters. The lowest BCUT2D eigenvalue weighted by atomic mass is 9.90. The number of carbonyl (C=O) groups is 1. The van der Waals surface area contributed by atoms with Crippen LogP contribution in [0.25, 0.3) is 0 Å². The maximum atomic E-state index is 12.1. The third kappa shape index (κ3) is 4.27. The van der Waals surface area contributed by atoms with E-state index in [0.29, 0.717) is 5.92 Å². The van der Waals surface area contributed by atoms with Crippen molar-refractivity contribution in [2.45, 2.75) is 82.7 Å². The molecule has 18 heavy (non-hydrogen) atoms. The van der Waals surface area contributed by atoms with Crippen molar-refractivity contribution in [1.82, 2.24) is 5.32 Å². The maximum Gasteiger partial charge on any atom is 0.220 e. The first kappa shape index (κ1) is 13.9. The monoisotopic (exact) mass is 252 g/mol. The lowest BCUT2D eigenvalue weighted by Gasteiger charge is -2.29. The molecular weight excluding hydrogens is 224 g/mol. The van der Waals surface area contributed by atoms with Gasteiger partial charge in [-0.1, -0.05) is 38.5 Å². The van der Waals surface area contributed by atoms with Gasteiger partial charge in [-0.15, -0.1) is 0 Å². The molecule has 2 saturated carbocycles. The van der Waals surface area contributed by atoms with Crippen LogP contribution in [-0.4, -0.2) is 18.0 Å². The Morgan fingerprint density at radius 3 is 2.22 bits per heavy atom. The third-order valence-corrected chi connectivity index (χ3v) is 4.61. The highest BCUT2D eigenvalue weighted by Gasteiger charge is 2.24. The molecule has 104 valence electrons. The quantitative estimate of drug-likeness (QED) is 0.759. The number of amides is 1. The molecule has 0 spiro atoms. The minimum atomic E-state index is 0.178. The molecule has 2 rings (SSSR count). The van der Waals surface area contributed by atoms with Crippen LogP contribution >= 0.6 is 0 Å². The Labute approximate surface area is 111 Å². The molecule has 3 nitrogen and oxygen atoms in total. The molecule has 0 bridgehead atoms. The predicted molar refractivity (Wildman–Crippen MR) is 74.2 cm³/mol. The minimum Gasteiger partial charge on any atom is -0.352 e. The van der Waals surface area contributed by atoms with Crippen molar-refractivity contribution in [3.8, 4) is 0 Å². The van der Waals surface area contributed by atoms with E-state index >= 15 is 0 Å². The van der Waals surface area contributed by atoms with Crippen molar-refractivity contribution in [3.63, 3.8) is 0 Å². The van der Waals surface area contributed by atoms with Gasteiger partial charge in [-0.3, -0.25) is 4.79 Å². The molecule has 0 aromatic carbocycles. The van der Waals surface area contributed by atoms with Gasteiger partial charge in [0.25, 0.3) is 0 Å². The summed E-state index contributed by atoms with van der Waals surface area (Å²) in [5.74, 6) is 0.858. The first-order chi connectivity index (χ1) is 8.75. The average Bonchev–Trinajstić information content (AvgIpc) is 2.61. The summed E-state index contributed by atoms with van der Waals surface area (Å²) >= 11 is 0. The van der Waals surface area contributed by atoms with Gasteiger partial charge >= 0.3 is 0 Å². The molecule has 0 saturated heterocycles. The Hall–Kier alpha value is -0.570. The molecule has 1 amide bonds. The van der Waals surface area contributed by atoms with Gasteiger partial charge in [-0.05, 0) is 31.6 Å². The average molecular weight is 252 g/mol. The first-order valence-corrected chi connectivity index (χ1v) is 7.80. The number of hydrogen-bond donors (Lipinski definition) is 2. The number of hydrogen-bond acceptors (Lipinski definition) is 2. The first-order valence-electron chi connectivity index (χ1n) is 7.80. The molecule has 2 atom stereocenters. The van der Waals surface area contributed by atoms with E-state index < -0.39 is 0 Å². The van der Waals surface area contributed by atoms with E-state index in [2.05, 4.69) is 5.32 Å². The van der Waals surface area contributed by atoms with Gasteiger partial charge in [-0.25, -0.2) is 0 Å². The summed E-state index contributed by atoms with van der Waals surface area (Å²) in [5, 5.41) is 3.17. The molecule has 0 aliphatic heterocycles. The molecule has 2 fully saturated rings. The number of nitrogens with two attached hydrogens (primary N) is 1. The zero-order chi connectivity index (χ0) is 12.8. The zero-order valence-electron chi connectivity index (χ0n) is 11.5. The van der Waals surface area contributed by atoms with E-state index in [1.807, 2.05) is 0 Å². The smallest absolute Gasteiger partial charge is 0.220 e. The standard InChI is InChI=1S/C15H28N2O/c16-13-9-5-6-10-14(13)17-15(18)11-12-7-3-1-2-4-8-12/h12-14H,1-11,16H2,(H,17,18)/t13-,14-/m1/s1. The molecule has 0 heterocycles. The number of carbonyl (C=O) groups excluding carboxylic acids is 1. The van der Waals surface area contributed by atoms with Crippen LogP contribution in [0.3, 0.4) is 0 Å². The van der Waals surface area contributed by atoms with Gasteiger partial charge in [0.1, 0.15) is 0 Å². The zero-order valence-corrected chi connectivity index (χ0v) is 11.5. The van der Waals surface area contributed by atoms with Gasteiger partial charge in [0, 0.05) is 18.5 Å². The molecule has 2 aliphatic carbocycles. The lowest BCUT2D eigenvalue weighted by Crippen LogP contribution is -2.49. The molecule has 3 N–H and O–H groups in total. The van der Waals surface area contributed by atoms with Crippen LogP contribution in [0.2, 0.25) is 0 Å². The topological polar surface area (TPSA) is 55.1 Å². The summed E-state index contributed by atoms with van der Waals surface area (Å²) in [4.78, 5) is 12.1. The summed E-state index contributed by atoms with van der Waals surface area (Å²) in [6, 6.07) is 0.411. The summed E-state index contributed by atoms with van der Waals surface area (Å²) in [6.45, 7) is 0. The molecule has 0 aromatic heterocycles. The summed E-state index contributed by atoms with van der Waals surface area (Å²) < 4.78 is 0. The fourth-order valence-corrected chi connectivity index (χ4v) is 3.43. The second-order valence-corrected chi connectivity index (χ2v) is 6.18. The van der Waals surface area contributed by atoms with E-state index in [4.69, 9.17) is 5.73 Å². The van der Waals surface area contributed by atoms with Gasteiger partial charge in [-0.2, -0.15) is 0 Å². The highest BCUT2D eigenvalue weighted by molar-refractivity contribution is 5.76. The molecule has 0 radical (unpaired) electrons. The third-order valence-electron chi connectivity index (χ3n) is 4.61. The number of rotatable bonds is 3. The number of nitrogens with one attached hydrogen (secondary N) is 1. The Balaban J connectivity index is 1.73. The molecular formula is C15H28N2O. The van der Waals surface area contributed by atoms with Crippen LogP contribution in [0.1, 0.15) is 70.6 Å². The SMILES string of the molecule is N[C@@H]1CCCC[C@H]1NC(=O)CC1CCCCCC1. The summed E-state index contributed by atoms with van der Waals surface area (Å²) in [5.41, 5.74) is 6.07. The Morgan fingerprint density at radius 1 is 0.944 bits per heavy atom. The van der Waals surface area contributed by atoms with E-state index in [-0.39, 0.29) is 18.0 Å². The van der Waals surface area contributed by atoms with Gasteiger partial charge in [0.05, 0.1) is 0 Å². The highest BCUT2D eigenvalue weighted by Crippen LogP contribution is 2.25. The van der Waals surface area contributed by atoms with Crippen molar-refractivity contribution in [1.29, 1.82) is 0 Å². The van der Waals surface area contributed by atoms with Crippen LogP contribution in [0, 0.1) is 5.92 Å². The fourth-order valence-electron chi connectivity index (χ4n) is 3.43. The largest absolute Gasteiger partial charge is 0.352 e. The van der Waals surface area contributed by atoms with Crippen molar-refractivity contribution < 1.29 is 4.79 Å². The Bertz CT molecular complexity index is 259. The van der Waals surface area contributed by atoms with E-state index in [1.165, 1.54) is 51.4 Å². The molecule has 0 aromatic rings. The Kier molecular flexibility index (Phi) is 5.48. The second-order valence-electron chi connectivity index (χ2n) is 6.18. The fraction of sp³-hybridized carbons (Fsp3) is 0.933. The van der Waals surface area contributed by atoms with E-state index in [9.17, 15) is 4.79 Å². The van der Waals surface area contributed by atoms with E-state index in [0.717, 1.165) is 19.3 Å². The van der Waals surface area contributed by atoms with Crippen molar-refractivity contribution >= 4 is 5.91 Å². The predicted octanol–water partition coefficient (Wildman–Crippen LogP) is 2.73. The van der Waals surface area contributed by atoms with Crippen LogP contribution in [0.5, 0.6) is 0 Å². The van der Waals surface area contributed by atoms with Crippen molar-refractivity contribution in [2.75, 3.05) is 0 Å². The van der Waals surface area contributed by atoms with Crippen LogP contribution in [-0.2, 0) is 4.79 Å². The minimum absolute atomic E-state index is 0.178. The van der Waals surface area contributed by atoms with Crippen LogP contribution < -0.4 is 11.1 Å². The van der Waals surface area contributed by atoms with Gasteiger partial charge < -0.3 is 11.1 Å². The summed E-state index contributed by atoms with van der Waals surface area (Å²) in [6.07, 6.45) is 13.1. The lowest BCUT2D eigenvalue weighted by molar-refractivity contribution is -0.123. The summed E-state index contributed by atoms with van der Waals surface area (Å²) in [7, 11) is 0.